The SMILES string of the molecule is COCC1CCCN(C(=O)COc2ccc(C)cc2)C1. The molecule has 1 amide bonds. The lowest BCUT2D eigenvalue weighted by Crippen LogP contribution is -2.43. The first-order chi connectivity index (χ1) is 9.69. The Kier molecular flexibility index (Phi) is 5.41. The first kappa shape index (κ1) is 14.9. The average molecular weight is 277 g/mol. The standard InChI is InChI=1S/C16H23NO3/c1-13-5-7-15(8-6-13)20-12-16(18)17-9-3-4-14(10-17)11-19-2/h5-8,14H,3-4,9-12H2,1-2H3. The summed E-state index contributed by atoms with van der Waals surface area (Å²) >= 11 is 0. The van der Waals surface area contributed by atoms with E-state index < -0.39 is 0 Å². The summed E-state index contributed by atoms with van der Waals surface area (Å²) in [5, 5.41) is 0. The largest absolute Gasteiger partial charge is 0.484 e. The van der Waals surface area contributed by atoms with Gasteiger partial charge in [-0.15, -0.1) is 0 Å². The van der Waals surface area contributed by atoms with Gasteiger partial charge in [0.15, 0.2) is 6.61 Å². The van der Waals surface area contributed by atoms with Gasteiger partial charge in [-0.25, -0.2) is 0 Å². The summed E-state index contributed by atoms with van der Waals surface area (Å²) in [7, 11) is 1.71. The van der Waals surface area contributed by atoms with Gasteiger partial charge in [-0.2, -0.15) is 0 Å². The Balaban J connectivity index is 1.80. The highest BCUT2D eigenvalue weighted by molar-refractivity contribution is 5.77. The summed E-state index contributed by atoms with van der Waals surface area (Å²) in [6.45, 7) is 4.48. The number of carbonyl (C=O) groups is 1. The summed E-state index contributed by atoms with van der Waals surface area (Å²) < 4.78 is 10.7. The molecule has 110 valence electrons. The molecule has 1 saturated heterocycles. The molecular formula is C16H23NO3. The zero-order chi connectivity index (χ0) is 14.4. The molecule has 4 heteroatoms. The number of hydrogen-bond donors (Lipinski definition) is 0. The molecule has 0 radical (unpaired) electrons. The number of methoxy groups -OCH3 is 1. The number of benzene rings is 1. The van der Waals surface area contributed by atoms with E-state index in [-0.39, 0.29) is 12.5 Å². The van der Waals surface area contributed by atoms with Crippen LogP contribution in [0.25, 0.3) is 0 Å². The van der Waals surface area contributed by atoms with E-state index in [1.54, 1.807) is 7.11 Å². The second-order valence-electron chi connectivity index (χ2n) is 5.41. The Labute approximate surface area is 120 Å². The lowest BCUT2D eigenvalue weighted by Gasteiger charge is -2.32. The molecule has 1 aromatic rings. The van der Waals surface area contributed by atoms with Gasteiger partial charge in [0.05, 0.1) is 6.61 Å². The van der Waals surface area contributed by atoms with Gasteiger partial charge in [-0.3, -0.25) is 4.79 Å². The zero-order valence-corrected chi connectivity index (χ0v) is 12.3. The van der Waals surface area contributed by atoms with Crippen LogP contribution in [0.2, 0.25) is 0 Å². The van der Waals surface area contributed by atoms with Gasteiger partial charge >= 0.3 is 0 Å². The number of likely N-dealkylation sites (tertiary alicyclic amines) is 1. The molecule has 4 nitrogen and oxygen atoms in total. The zero-order valence-electron chi connectivity index (χ0n) is 12.3. The third-order valence-electron chi connectivity index (χ3n) is 3.66. The van der Waals surface area contributed by atoms with Crippen LogP contribution in [-0.4, -0.2) is 44.2 Å². The molecule has 1 aliphatic heterocycles. The molecule has 0 saturated carbocycles. The molecule has 1 atom stereocenters. The van der Waals surface area contributed by atoms with Gasteiger partial charge < -0.3 is 14.4 Å². The first-order valence-corrected chi connectivity index (χ1v) is 7.15. The van der Waals surface area contributed by atoms with Crippen LogP contribution in [0.4, 0.5) is 0 Å². The Hall–Kier alpha value is -1.55. The van der Waals surface area contributed by atoms with Gasteiger partial charge in [-0.1, -0.05) is 17.7 Å². The molecule has 2 rings (SSSR count). The van der Waals surface area contributed by atoms with Crippen molar-refractivity contribution in [3.05, 3.63) is 29.8 Å². The van der Waals surface area contributed by atoms with E-state index in [2.05, 4.69) is 0 Å². The van der Waals surface area contributed by atoms with E-state index in [0.717, 1.165) is 38.3 Å². The number of hydrogen-bond acceptors (Lipinski definition) is 3. The fourth-order valence-electron chi connectivity index (χ4n) is 2.53. The highest BCUT2D eigenvalue weighted by Crippen LogP contribution is 2.17. The third kappa shape index (κ3) is 4.23. The van der Waals surface area contributed by atoms with Crippen LogP contribution < -0.4 is 4.74 Å². The normalized spacial score (nSPS) is 18.9. The van der Waals surface area contributed by atoms with Crippen LogP contribution in [0.15, 0.2) is 24.3 Å². The molecule has 1 fully saturated rings. The molecule has 0 N–H and O–H groups in total. The van der Waals surface area contributed by atoms with Crippen molar-refractivity contribution in [3.8, 4) is 5.75 Å². The maximum Gasteiger partial charge on any atom is 0.260 e. The minimum atomic E-state index is 0.0615. The summed E-state index contributed by atoms with van der Waals surface area (Å²) in [5.41, 5.74) is 1.18. The Morgan fingerprint density at radius 3 is 2.80 bits per heavy atom. The van der Waals surface area contributed by atoms with Gasteiger partial charge in [-0.05, 0) is 37.8 Å². The summed E-state index contributed by atoms with van der Waals surface area (Å²) in [4.78, 5) is 14.0. The monoisotopic (exact) mass is 277 g/mol. The molecule has 1 heterocycles. The summed E-state index contributed by atoms with van der Waals surface area (Å²) in [6.07, 6.45) is 2.18. The van der Waals surface area contributed by atoms with Crippen LogP contribution in [0.3, 0.4) is 0 Å². The molecule has 1 unspecified atom stereocenters. The molecule has 1 aliphatic rings. The fourth-order valence-corrected chi connectivity index (χ4v) is 2.53. The van der Waals surface area contributed by atoms with Gasteiger partial charge in [0.25, 0.3) is 5.91 Å². The summed E-state index contributed by atoms with van der Waals surface area (Å²) in [6, 6.07) is 7.75. The van der Waals surface area contributed by atoms with Crippen molar-refractivity contribution in [1.29, 1.82) is 0 Å². The van der Waals surface area contributed by atoms with Crippen molar-refractivity contribution in [2.45, 2.75) is 19.8 Å². The summed E-state index contributed by atoms with van der Waals surface area (Å²) in [5.74, 6) is 1.26. The van der Waals surface area contributed by atoms with Gasteiger partial charge in [0.2, 0.25) is 0 Å². The number of rotatable bonds is 5. The predicted octanol–water partition coefficient (Wildman–Crippen LogP) is 2.26. The number of carbonyl (C=O) groups excluding carboxylic acids is 1. The minimum Gasteiger partial charge on any atom is -0.484 e. The second kappa shape index (κ2) is 7.29. The third-order valence-corrected chi connectivity index (χ3v) is 3.66. The van der Waals surface area contributed by atoms with E-state index >= 15 is 0 Å². The van der Waals surface area contributed by atoms with E-state index in [9.17, 15) is 4.79 Å². The second-order valence-corrected chi connectivity index (χ2v) is 5.41. The molecule has 0 aliphatic carbocycles. The predicted molar refractivity (Wildman–Crippen MR) is 77.9 cm³/mol. The van der Waals surface area contributed by atoms with Crippen LogP contribution in [0.5, 0.6) is 5.75 Å². The van der Waals surface area contributed by atoms with Crippen molar-refractivity contribution in [2.24, 2.45) is 5.92 Å². The average Bonchev–Trinajstić information content (AvgIpc) is 2.47. The number of aryl methyl sites for hydroxylation is 1. The maximum atomic E-state index is 12.1. The van der Waals surface area contributed by atoms with Crippen LogP contribution >= 0.6 is 0 Å². The highest BCUT2D eigenvalue weighted by Gasteiger charge is 2.23. The van der Waals surface area contributed by atoms with Crippen molar-refractivity contribution in [1.82, 2.24) is 4.90 Å². The number of amides is 1. The fraction of sp³-hybridized carbons (Fsp3) is 0.562. The molecule has 0 aromatic heterocycles. The smallest absolute Gasteiger partial charge is 0.260 e. The first-order valence-electron chi connectivity index (χ1n) is 7.15. The van der Waals surface area contributed by atoms with Gasteiger partial charge in [0.1, 0.15) is 5.75 Å². The lowest BCUT2D eigenvalue weighted by molar-refractivity contribution is -0.135. The minimum absolute atomic E-state index is 0.0615. The lowest BCUT2D eigenvalue weighted by atomic mass is 9.99. The quantitative estimate of drug-likeness (QED) is 0.828. The van der Waals surface area contributed by atoms with Crippen LogP contribution in [0.1, 0.15) is 18.4 Å². The van der Waals surface area contributed by atoms with E-state index in [1.165, 1.54) is 5.56 Å². The Morgan fingerprint density at radius 1 is 1.35 bits per heavy atom. The molecular weight excluding hydrogens is 254 g/mol. The van der Waals surface area contributed by atoms with Crippen molar-refractivity contribution >= 4 is 5.91 Å². The van der Waals surface area contributed by atoms with Crippen molar-refractivity contribution in [3.63, 3.8) is 0 Å². The molecule has 0 bridgehead atoms. The topological polar surface area (TPSA) is 38.8 Å². The van der Waals surface area contributed by atoms with Crippen LogP contribution in [0, 0.1) is 12.8 Å². The number of nitrogens with zero attached hydrogens (tertiary/aromatic N) is 1. The highest BCUT2D eigenvalue weighted by atomic mass is 16.5. The van der Waals surface area contributed by atoms with Crippen molar-refractivity contribution in [2.75, 3.05) is 33.4 Å². The molecule has 1 aromatic carbocycles. The van der Waals surface area contributed by atoms with E-state index in [4.69, 9.17) is 9.47 Å². The molecule has 20 heavy (non-hydrogen) atoms. The molecule has 0 spiro atoms. The van der Waals surface area contributed by atoms with Crippen LogP contribution in [-0.2, 0) is 9.53 Å². The van der Waals surface area contributed by atoms with E-state index in [0.29, 0.717) is 5.92 Å². The Bertz CT molecular complexity index is 428. The number of piperidine rings is 1. The Morgan fingerprint density at radius 2 is 2.10 bits per heavy atom. The van der Waals surface area contributed by atoms with Crippen molar-refractivity contribution < 1.29 is 14.3 Å². The maximum absolute atomic E-state index is 12.1. The van der Waals surface area contributed by atoms with E-state index in [1.807, 2.05) is 36.1 Å². The number of ether oxygens (including phenoxy) is 2. The van der Waals surface area contributed by atoms with Gasteiger partial charge in [0, 0.05) is 20.2 Å².